The topological polar surface area (TPSA) is 48.1 Å². The van der Waals surface area contributed by atoms with E-state index in [0.29, 0.717) is 0 Å². The summed E-state index contributed by atoms with van der Waals surface area (Å²) < 4.78 is 5.31. The average molecular weight is 216 g/mol. The number of methoxy groups -OCH3 is 1. The Kier molecular flexibility index (Phi) is 2.79. The molecule has 2 rings (SSSR count). The molecule has 0 bridgehead atoms. The van der Waals surface area contributed by atoms with Crippen molar-refractivity contribution in [2.45, 2.75) is 19.9 Å². The predicted octanol–water partition coefficient (Wildman–Crippen LogP) is 2.57. The average Bonchev–Trinajstić information content (AvgIpc) is 2.27. The van der Waals surface area contributed by atoms with E-state index in [1.807, 2.05) is 38.1 Å². The second-order valence-corrected chi connectivity index (χ2v) is 4.00. The van der Waals surface area contributed by atoms with E-state index in [0.717, 1.165) is 27.9 Å². The Morgan fingerprint density at radius 1 is 1.38 bits per heavy atom. The van der Waals surface area contributed by atoms with Crippen molar-refractivity contribution in [1.82, 2.24) is 4.98 Å². The highest BCUT2D eigenvalue weighted by Gasteiger charge is 2.10. The lowest BCUT2D eigenvalue weighted by Gasteiger charge is -2.12. The predicted molar refractivity (Wildman–Crippen MR) is 65.6 cm³/mol. The lowest BCUT2D eigenvalue weighted by molar-refractivity contribution is 0.419. The molecule has 0 amide bonds. The van der Waals surface area contributed by atoms with Gasteiger partial charge in [0.05, 0.1) is 7.11 Å². The van der Waals surface area contributed by atoms with Crippen molar-refractivity contribution in [3.05, 3.63) is 35.5 Å². The van der Waals surface area contributed by atoms with Gasteiger partial charge in [-0.1, -0.05) is 12.1 Å². The Morgan fingerprint density at radius 3 is 2.75 bits per heavy atom. The molecule has 1 atom stereocenters. The summed E-state index contributed by atoms with van der Waals surface area (Å²) in [6, 6.07) is 7.94. The first-order valence-corrected chi connectivity index (χ1v) is 5.33. The number of fused-ring (bicyclic) bond motifs is 1. The first kappa shape index (κ1) is 10.9. The third-order valence-corrected chi connectivity index (χ3v) is 2.67. The summed E-state index contributed by atoms with van der Waals surface area (Å²) in [5.41, 5.74) is 8.93. The van der Waals surface area contributed by atoms with E-state index in [4.69, 9.17) is 10.5 Å². The molecule has 3 nitrogen and oxygen atoms in total. The normalized spacial score (nSPS) is 12.8. The number of hydrogen-bond acceptors (Lipinski definition) is 3. The summed E-state index contributed by atoms with van der Waals surface area (Å²) in [6.45, 7) is 3.95. The van der Waals surface area contributed by atoms with Crippen LogP contribution in [-0.2, 0) is 0 Å². The van der Waals surface area contributed by atoms with Crippen molar-refractivity contribution >= 4 is 10.9 Å². The van der Waals surface area contributed by atoms with Gasteiger partial charge >= 0.3 is 0 Å². The lowest BCUT2D eigenvalue weighted by Crippen LogP contribution is -2.07. The summed E-state index contributed by atoms with van der Waals surface area (Å²) >= 11 is 0. The van der Waals surface area contributed by atoms with Gasteiger partial charge in [0.2, 0.25) is 0 Å². The van der Waals surface area contributed by atoms with Crippen LogP contribution < -0.4 is 10.5 Å². The fourth-order valence-electron chi connectivity index (χ4n) is 1.92. The van der Waals surface area contributed by atoms with Gasteiger partial charge in [-0.2, -0.15) is 0 Å². The van der Waals surface area contributed by atoms with Gasteiger partial charge in [0.1, 0.15) is 11.3 Å². The molecule has 0 saturated heterocycles. The molecule has 84 valence electrons. The minimum atomic E-state index is -0.00342. The van der Waals surface area contributed by atoms with Crippen molar-refractivity contribution in [2.75, 3.05) is 7.11 Å². The van der Waals surface area contributed by atoms with Gasteiger partial charge in [0, 0.05) is 17.1 Å². The molecule has 3 heteroatoms. The van der Waals surface area contributed by atoms with E-state index < -0.39 is 0 Å². The van der Waals surface area contributed by atoms with Crippen molar-refractivity contribution in [3.63, 3.8) is 0 Å². The van der Waals surface area contributed by atoms with Crippen LogP contribution in [0.3, 0.4) is 0 Å². The molecule has 0 spiro atoms. The maximum atomic E-state index is 5.97. The van der Waals surface area contributed by atoms with Gasteiger partial charge < -0.3 is 10.5 Å². The summed E-state index contributed by atoms with van der Waals surface area (Å²) in [7, 11) is 1.66. The lowest BCUT2D eigenvalue weighted by atomic mass is 10.0. The number of nitrogens with zero attached hydrogens (tertiary/aromatic N) is 1. The first-order chi connectivity index (χ1) is 7.63. The second-order valence-electron chi connectivity index (χ2n) is 4.00. The van der Waals surface area contributed by atoms with Gasteiger partial charge in [-0.25, -0.2) is 4.98 Å². The molecular weight excluding hydrogens is 200 g/mol. The van der Waals surface area contributed by atoms with Crippen LogP contribution in [-0.4, -0.2) is 12.1 Å². The van der Waals surface area contributed by atoms with Gasteiger partial charge in [0.15, 0.2) is 0 Å². The van der Waals surface area contributed by atoms with Crippen molar-refractivity contribution in [2.24, 2.45) is 5.73 Å². The highest BCUT2D eigenvalue weighted by Crippen LogP contribution is 2.29. The fraction of sp³-hybridized carbons (Fsp3) is 0.308. The largest absolute Gasteiger partial charge is 0.494 e. The van der Waals surface area contributed by atoms with Crippen LogP contribution >= 0.6 is 0 Å². The van der Waals surface area contributed by atoms with E-state index in [9.17, 15) is 0 Å². The smallest absolute Gasteiger partial charge is 0.145 e. The van der Waals surface area contributed by atoms with Crippen LogP contribution in [0.2, 0.25) is 0 Å². The van der Waals surface area contributed by atoms with Gasteiger partial charge in [0.25, 0.3) is 0 Å². The monoisotopic (exact) mass is 216 g/mol. The fourth-order valence-corrected chi connectivity index (χ4v) is 1.92. The summed E-state index contributed by atoms with van der Waals surface area (Å²) in [6.07, 6.45) is 0. The standard InChI is InChI=1S/C13H16N2O/c1-8-7-11(9(2)14)10-5-4-6-12(16-3)13(10)15-8/h4-7,9H,14H2,1-3H3. The molecule has 1 unspecified atom stereocenters. The Bertz CT molecular complexity index is 521. The Hall–Kier alpha value is -1.61. The van der Waals surface area contributed by atoms with E-state index in [1.54, 1.807) is 7.11 Å². The number of para-hydroxylation sites is 1. The second kappa shape index (κ2) is 4.10. The molecule has 2 aromatic rings. The number of nitrogens with two attached hydrogens (primary N) is 1. The minimum absolute atomic E-state index is 0.00342. The minimum Gasteiger partial charge on any atom is -0.494 e. The quantitative estimate of drug-likeness (QED) is 0.839. The van der Waals surface area contributed by atoms with Crippen LogP contribution in [0.15, 0.2) is 24.3 Å². The van der Waals surface area contributed by atoms with Gasteiger partial charge in [-0.15, -0.1) is 0 Å². The molecule has 0 radical (unpaired) electrons. The van der Waals surface area contributed by atoms with Crippen LogP contribution in [0.4, 0.5) is 0 Å². The molecule has 2 N–H and O–H groups in total. The molecule has 1 aromatic carbocycles. The van der Waals surface area contributed by atoms with Crippen LogP contribution in [0.5, 0.6) is 5.75 Å². The first-order valence-electron chi connectivity index (χ1n) is 5.33. The van der Waals surface area contributed by atoms with Crippen LogP contribution in [0.25, 0.3) is 10.9 Å². The zero-order valence-electron chi connectivity index (χ0n) is 9.82. The number of hydrogen-bond donors (Lipinski definition) is 1. The maximum Gasteiger partial charge on any atom is 0.145 e. The number of ether oxygens (including phenoxy) is 1. The number of aryl methyl sites for hydroxylation is 1. The number of aromatic nitrogens is 1. The molecule has 0 aliphatic heterocycles. The third kappa shape index (κ3) is 1.74. The summed E-state index contributed by atoms with van der Waals surface area (Å²) in [4.78, 5) is 4.51. The molecular formula is C13H16N2O. The van der Waals surface area contributed by atoms with Crippen LogP contribution in [0, 0.1) is 6.92 Å². The third-order valence-electron chi connectivity index (χ3n) is 2.67. The molecule has 0 aliphatic carbocycles. The van der Waals surface area contributed by atoms with E-state index in [-0.39, 0.29) is 6.04 Å². The molecule has 16 heavy (non-hydrogen) atoms. The SMILES string of the molecule is COc1cccc2c(C(C)N)cc(C)nc12. The van der Waals surface area contributed by atoms with E-state index in [1.165, 1.54) is 0 Å². The van der Waals surface area contributed by atoms with Crippen LogP contribution in [0.1, 0.15) is 24.2 Å². The molecule has 1 heterocycles. The van der Waals surface area contributed by atoms with Gasteiger partial charge in [-0.05, 0) is 31.5 Å². The van der Waals surface area contributed by atoms with E-state index >= 15 is 0 Å². The van der Waals surface area contributed by atoms with E-state index in [2.05, 4.69) is 4.98 Å². The Labute approximate surface area is 95.2 Å². The number of pyridine rings is 1. The highest BCUT2D eigenvalue weighted by molar-refractivity contribution is 5.88. The van der Waals surface area contributed by atoms with Crippen molar-refractivity contribution < 1.29 is 4.74 Å². The van der Waals surface area contributed by atoms with Crippen molar-refractivity contribution in [1.29, 1.82) is 0 Å². The number of rotatable bonds is 2. The number of benzene rings is 1. The molecule has 0 fully saturated rings. The Morgan fingerprint density at radius 2 is 2.12 bits per heavy atom. The highest BCUT2D eigenvalue weighted by atomic mass is 16.5. The Balaban J connectivity index is 2.83. The summed E-state index contributed by atoms with van der Waals surface area (Å²) in [5.74, 6) is 0.795. The zero-order chi connectivity index (χ0) is 11.7. The molecule has 0 saturated carbocycles. The summed E-state index contributed by atoms with van der Waals surface area (Å²) in [5, 5.41) is 1.07. The van der Waals surface area contributed by atoms with Gasteiger partial charge in [-0.3, -0.25) is 0 Å². The maximum absolute atomic E-state index is 5.97. The molecule has 1 aromatic heterocycles. The molecule has 0 aliphatic rings. The zero-order valence-corrected chi connectivity index (χ0v) is 9.82. The van der Waals surface area contributed by atoms with Crippen molar-refractivity contribution in [3.8, 4) is 5.75 Å².